The number of pyridine rings is 1. The first-order valence-corrected chi connectivity index (χ1v) is 8.37. The molecule has 2 heterocycles. The third-order valence-electron chi connectivity index (χ3n) is 3.66. The predicted molar refractivity (Wildman–Crippen MR) is 97.2 cm³/mol. The molecule has 3 rings (SSSR count). The third-order valence-corrected chi connectivity index (χ3v) is 3.96. The molecule has 0 amide bonds. The van der Waals surface area contributed by atoms with Gasteiger partial charge in [0.05, 0.1) is 23.0 Å². The lowest BCUT2D eigenvalue weighted by Crippen LogP contribution is -2.22. The van der Waals surface area contributed by atoms with Crippen LogP contribution in [0.25, 0.3) is 17.2 Å². The molecule has 3 aromatic rings. The Hall–Kier alpha value is -2.51. The summed E-state index contributed by atoms with van der Waals surface area (Å²) in [5.41, 5.74) is 2.34. The molecule has 130 valence electrons. The number of tetrazole rings is 1. The number of hydrogen-bond donors (Lipinski definition) is 0. The molecule has 0 fully saturated rings. The maximum Gasteiger partial charge on any atom is 0.223 e. The van der Waals surface area contributed by atoms with Crippen molar-refractivity contribution in [1.29, 1.82) is 0 Å². The van der Waals surface area contributed by atoms with Crippen LogP contribution in [-0.4, -0.2) is 52.0 Å². The fourth-order valence-corrected chi connectivity index (χ4v) is 2.64. The van der Waals surface area contributed by atoms with Crippen LogP contribution < -0.4 is 4.90 Å². The van der Waals surface area contributed by atoms with Crippen LogP contribution in [0.5, 0.6) is 0 Å². The molecular formula is C17H19ClN6O. The van der Waals surface area contributed by atoms with E-state index in [0.29, 0.717) is 29.8 Å². The third kappa shape index (κ3) is 4.12. The summed E-state index contributed by atoms with van der Waals surface area (Å²) in [5, 5.41) is 13.1. The number of hydrogen-bond acceptors (Lipinski definition) is 6. The molecule has 7 nitrogen and oxygen atoms in total. The van der Waals surface area contributed by atoms with E-state index in [0.717, 1.165) is 17.9 Å². The molecule has 0 aliphatic heterocycles. The predicted octanol–water partition coefficient (Wildman–Crippen LogP) is 2.85. The Labute approximate surface area is 151 Å². The monoisotopic (exact) mass is 358 g/mol. The molecule has 1 aromatic carbocycles. The largest absolute Gasteiger partial charge is 0.380 e. The Morgan fingerprint density at radius 1 is 1.24 bits per heavy atom. The maximum absolute atomic E-state index is 6.43. The van der Waals surface area contributed by atoms with E-state index < -0.39 is 0 Å². The molecule has 2 aromatic heterocycles. The summed E-state index contributed by atoms with van der Waals surface area (Å²) in [6, 6.07) is 11.2. The Bertz CT molecular complexity index is 823. The van der Waals surface area contributed by atoms with E-state index in [2.05, 4.69) is 25.3 Å². The number of halogens is 1. The number of aromatic nitrogens is 5. The van der Waals surface area contributed by atoms with Crippen molar-refractivity contribution in [3.8, 4) is 17.2 Å². The van der Waals surface area contributed by atoms with Gasteiger partial charge >= 0.3 is 0 Å². The average molecular weight is 359 g/mol. The van der Waals surface area contributed by atoms with Crippen molar-refractivity contribution < 1.29 is 4.74 Å². The summed E-state index contributed by atoms with van der Waals surface area (Å²) < 4.78 is 5.38. The van der Waals surface area contributed by atoms with Crippen molar-refractivity contribution in [3.05, 3.63) is 47.6 Å². The smallest absolute Gasteiger partial charge is 0.223 e. The molecule has 25 heavy (non-hydrogen) atoms. The van der Waals surface area contributed by atoms with Crippen molar-refractivity contribution in [2.24, 2.45) is 0 Å². The van der Waals surface area contributed by atoms with Gasteiger partial charge in [-0.2, -0.15) is 0 Å². The topological polar surface area (TPSA) is 69.0 Å². The molecule has 0 spiro atoms. The van der Waals surface area contributed by atoms with Gasteiger partial charge in [-0.05, 0) is 42.5 Å². The SMILES string of the molecule is CCOCCN(C)c1ccc(-n2nnc(-c3ccccn3)n2)cc1Cl. The fraction of sp³-hybridized carbons (Fsp3) is 0.294. The molecule has 0 aliphatic carbocycles. The Morgan fingerprint density at radius 2 is 2.12 bits per heavy atom. The van der Waals surface area contributed by atoms with E-state index in [9.17, 15) is 0 Å². The van der Waals surface area contributed by atoms with Gasteiger partial charge in [-0.25, -0.2) is 0 Å². The number of likely N-dealkylation sites (N-methyl/N-ethyl adjacent to an activating group) is 1. The van der Waals surface area contributed by atoms with E-state index in [1.807, 2.05) is 50.4 Å². The second-order valence-corrected chi connectivity index (χ2v) is 5.78. The Morgan fingerprint density at radius 3 is 2.84 bits per heavy atom. The van der Waals surface area contributed by atoms with E-state index in [1.165, 1.54) is 4.80 Å². The van der Waals surface area contributed by atoms with Crippen LogP contribution >= 0.6 is 11.6 Å². The normalized spacial score (nSPS) is 10.8. The van der Waals surface area contributed by atoms with Crippen molar-refractivity contribution in [3.63, 3.8) is 0 Å². The molecule has 0 unspecified atom stereocenters. The summed E-state index contributed by atoms with van der Waals surface area (Å²) in [5.74, 6) is 0.467. The van der Waals surface area contributed by atoms with Crippen LogP contribution in [0.2, 0.25) is 5.02 Å². The van der Waals surface area contributed by atoms with Gasteiger partial charge in [-0.3, -0.25) is 4.98 Å². The lowest BCUT2D eigenvalue weighted by Gasteiger charge is -2.20. The van der Waals surface area contributed by atoms with Crippen molar-refractivity contribution in [1.82, 2.24) is 25.2 Å². The molecule has 0 bridgehead atoms. The minimum absolute atomic E-state index is 0.467. The van der Waals surface area contributed by atoms with E-state index in [4.69, 9.17) is 16.3 Å². The molecular weight excluding hydrogens is 340 g/mol. The van der Waals surface area contributed by atoms with Crippen molar-refractivity contribution in [2.45, 2.75) is 6.92 Å². The summed E-state index contributed by atoms with van der Waals surface area (Å²) in [4.78, 5) is 7.72. The highest BCUT2D eigenvalue weighted by molar-refractivity contribution is 6.33. The highest BCUT2D eigenvalue weighted by Gasteiger charge is 2.11. The van der Waals surface area contributed by atoms with Gasteiger partial charge in [0, 0.05) is 26.4 Å². The van der Waals surface area contributed by atoms with E-state index in [-0.39, 0.29) is 0 Å². The second kappa shape index (κ2) is 8.04. The van der Waals surface area contributed by atoms with Crippen LogP contribution in [0.4, 0.5) is 5.69 Å². The van der Waals surface area contributed by atoms with E-state index in [1.54, 1.807) is 6.20 Å². The molecule has 0 saturated carbocycles. The van der Waals surface area contributed by atoms with Gasteiger partial charge in [0.2, 0.25) is 5.82 Å². The molecule has 8 heteroatoms. The van der Waals surface area contributed by atoms with Crippen LogP contribution in [0, 0.1) is 0 Å². The number of ether oxygens (including phenoxy) is 1. The number of rotatable bonds is 7. The standard InChI is InChI=1S/C17H19ClN6O/c1-3-25-11-10-23(2)16-8-7-13(12-14(16)18)24-21-17(20-22-24)15-6-4-5-9-19-15/h4-9,12H,3,10-11H2,1-2H3. The maximum atomic E-state index is 6.43. The molecule has 0 saturated heterocycles. The quantitative estimate of drug-likeness (QED) is 0.605. The van der Waals surface area contributed by atoms with Crippen LogP contribution in [-0.2, 0) is 4.74 Å². The number of benzene rings is 1. The number of anilines is 1. The van der Waals surface area contributed by atoms with Crippen molar-refractivity contribution in [2.75, 3.05) is 31.7 Å². The van der Waals surface area contributed by atoms with Gasteiger partial charge in [-0.15, -0.1) is 15.0 Å². The molecule has 0 N–H and O–H groups in total. The Kier molecular flexibility index (Phi) is 5.57. The van der Waals surface area contributed by atoms with E-state index >= 15 is 0 Å². The van der Waals surface area contributed by atoms with Crippen LogP contribution in [0.15, 0.2) is 42.6 Å². The minimum atomic E-state index is 0.467. The van der Waals surface area contributed by atoms with Gasteiger partial charge in [0.25, 0.3) is 0 Å². The highest BCUT2D eigenvalue weighted by Crippen LogP contribution is 2.27. The zero-order chi connectivity index (χ0) is 17.6. The second-order valence-electron chi connectivity index (χ2n) is 5.37. The molecule has 0 atom stereocenters. The Balaban J connectivity index is 1.78. The number of nitrogens with zero attached hydrogens (tertiary/aromatic N) is 6. The van der Waals surface area contributed by atoms with Crippen LogP contribution in [0.1, 0.15) is 6.92 Å². The lowest BCUT2D eigenvalue weighted by atomic mass is 10.2. The summed E-state index contributed by atoms with van der Waals surface area (Å²) in [6.45, 7) is 4.10. The first-order valence-electron chi connectivity index (χ1n) is 7.99. The summed E-state index contributed by atoms with van der Waals surface area (Å²) in [6.07, 6.45) is 1.69. The highest BCUT2D eigenvalue weighted by atomic mass is 35.5. The zero-order valence-electron chi connectivity index (χ0n) is 14.1. The first kappa shape index (κ1) is 17.3. The first-order chi connectivity index (χ1) is 12.2. The van der Waals surface area contributed by atoms with Gasteiger partial charge < -0.3 is 9.64 Å². The zero-order valence-corrected chi connectivity index (χ0v) is 14.9. The van der Waals surface area contributed by atoms with Crippen LogP contribution in [0.3, 0.4) is 0 Å². The van der Waals surface area contributed by atoms with Gasteiger partial charge in [0.1, 0.15) is 5.69 Å². The minimum Gasteiger partial charge on any atom is -0.380 e. The summed E-state index contributed by atoms with van der Waals surface area (Å²) in [7, 11) is 1.98. The van der Waals surface area contributed by atoms with Gasteiger partial charge in [-0.1, -0.05) is 17.7 Å². The van der Waals surface area contributed by atoms with Gasteiger partial charge in [0.15, 0.2) is 0 Å². The molecule has 0 radical (unpaired) electrons. The average Bonchev–Trinajstić information content (AvgIpc) is 3.12. The molecule has 0 aliphatic rings. The van der Waals surface area contributed by atoms with Crippen molar-refractivity contribution >= 4 is 17.3 Å². The lowest BCUT2D eigenvalue weighted by molar-refractivity contribution is 0.154. The fourth-order valence-electron chi connectivity index (χ4n) is 2.32. The summed E-state index contributed by atoms with van der Waals surface area (Å²) >= 11 is 6.43.